The lowest BCUT2D eigenvalue weighted by Crippen LogP contribution is -2.18. The van der Waals surface area contributed by atoms with Crippen molar-refractivity contribution in [3.63, 3.8) is 0 Å². The average Bonchev–Trinajstić information content (AvgIpc) is 2.67. The first-order valence-corrected chi connectivity index (χ1v) is 9.76. The second-order valence-corrected chi connectivity index (χ2v) is 8.14. The van der Waals surface area contributed by atoms with Crippen LogP contribution in [0.2, 0.25) is 0 Å². The summed E-state index contributed by atoms with van der Waals surface area (Å²) < 4.78 is 26.4. The molecule has 0 heterocycles. The van der Waals surface area contributed by atoms with Gasteiger partial charge in [-0.15, -0.1) is 0 Å². The molecule has 132 valence electrons. The molecule has 0 aliphatic heterocycles. The van der Waals surface area contributed by atoms with Gasteiger partial charge >= 0.3 is 0 Å². The maximum absolute atomic E-state index is 13.2. The monoisotopic (exact) mass is 365 g/mol. The normalized spacial score (nSPS) is 12.5. The van der Waals surface area contributed by atoms with E-state index in [1.54, 1.807) is 60.7 Å². The van der Waals surface area contributed by atoms with E-state index in [1.807, 2.05) is 12.1 Å². The van der Waals surface area contributed by atoms with Crippen LogP contribution in [0.15, 0.2) is 89.8 Å². The summed E-state index contributed by atoms with van der Waals surface area (Å²) in [7, 11) is -3.75. The minimum absolute atomic E-state index is 0.124. The number of rotatable bonds is 6. The lowest BCUT2D eigenvalue weighted by atomic mass is 10.0. The Morgan fingerprint density at radius 2 is 1.35 bits per heavy atom. The molecule has 1 atom stereocenters. The summed E-state index contributed by atoms with van der Waals surface area (Å²) in [5, 5.41) is -0.958. The number of hydrogen-bond acceptors (Lipinski definition) is 4. The Morgan fingerprint density at radius 3 is 1.92 bits per heavy atom. The van der Waals surface area contributed by atoms with Crippen LogP contribution in [-0.2, 0) is 9.84 Å². The van der Waals surface area contributed by atoms with Crippen LogP contribution in [0.1, 0.15) is 27.6 Å². The van der Waals surface area contributed by atoms with Gasteiger partial charge in [0.25, 0.3) is 0 Å². The molecule has 3 aromatic rings. The highest BCUT2D eigenvalue weighted by Crippen LogP contribution is 2.33. The number of nitrogen functional groups attached to an aromatic ring is 1. The maximum atomic E-state index is 13.2. The van der Waals surface area contributed by atoms with Gasteiger partial charge in [0, 0.05) is 17.7 Å². The van der Waals surface area contributed by atoms with Gasteiger partial charge in [0.05, 0.1) is 10.1 Å². The number of carbonyl (C=O) groups is 1. The quantitative estimate of drug-likeness (QED) is 0.528. The summed E-state index contributed by atoms with van der Waals surface area (Å²) in [4.78, 5) is 12.8. The molecule has 5 heteroatoms. The van der Waals surface area contributed by atoms with Crippen molar-refractivity contribution in [2.24, 2.45) is 0 Å². The highest BCUT2D eigenvalue weighted by molar-refractivity contribution is 7.91. The van der Waals surface area contributed by atoms with Crippen LogP contribution in [0.25, 0.3) is 0 Å². The number of carbonyl (C=O) groups excluding carboxylic acids is 1. The van der Waals surface area contributed by atoms with E-state index >= 15 is 0 Å². The first-order chi connectivity index (χ1) is 12.5. The molecular weight excluding hydrogens is 346 g/mol. The number of anilines is 1. The van der Waals surface area contributed by atoms with Gasteiger partial charge in [-0.2, -0.15) is 0 Å². The van der Waals surface area contributed by atoms with Crippen LogP contribution in [-0.4, -0.2) is 14.2 Å². The van der Waals surface area contributed by atoms with E-state index in [0.29, 0.717) is 16.8 Å². The molecule has 0 spiro atoms. The zero-order valence-electron chi connectivity index (χ0n) is 14.1. The number of nitrogens with two attached hydrogens (primary N) is 1. The highest BCUT2D eigenvalue weighted by atomic mass is 32.2. The molecule has 4 nitrogen and oxygen atoms in total. The van der Waals surface area contributed by atoms with Crippen LogP contribution < -0.4 is 5.73 Å². The zero-order chi connectivity index (χ0) is 18.6. The van der Waals surface area contributed by atoms with Crippen molar-refractivity contribution in [1.29, 1.82) is 0 Å². The molecule has 0 fully saturated rings. The summed E-state index contributed by atoms with van der Waals surface area (Å²) >= 11 is 0. The third-order valence-corrected chi connectivity index (χ3v) is 6.34. The Morgan fingerprint density at radius 1 is 0.808 bits per heavy atom. The van der Waals surface area contributed by atoms with Gasteiger partial charge in [-0.05, 0) is 29.8 Å². The standard InChI is InChI=1S/C21H19NO3S/c22-18-11-13-19(14-12-18)26(24,25)21(17-9-5-2-6-10-17)15-20(23)16-7-3-1-4-8-16/h1-14,21H,15,22H2. The predicted octanol–water partition coefficient (Wildman–Crippen LogP) is 4.06. The Balaban J connectivity index is 2.01. The molecule has 0 bridgehead atoms. The van der Waals surface area contributed by atoms with Gasteiger partial charge in [0.1, 0.15) is 0 Å². The molecule has 3 rings (SSSR count). The van der Waals surface area contributed by atoms with Crippen molar-refractivity contribution in [2.75, 3.05) is 5.73 Å². The molecule has 0 radical (unpaired) electrons. The fourth-order valence-electron chi connectivity index (χ4n) is 2.81. The Kier molecular flexibility index (Phi) is 5.19. The fourth-order valence-corrected chi connectivity index (χ4v) is 4.54. The number of sulfone groups is 1. The summed E-state index contributed by atoms with van der Waals surface area (Å²) in [5.41, 5.74) is 7.24. The van der Waals surface area contributed by atoms with Gasteiger partial charge < -0.3 is 5.73 Å². The number of Topliss-reactive ketones (excluding diaryl/α,β-unsaturated/α-hetero) is 1. The number of ketones is 1. The minimum Gasteiger partial charge on any atom is -0.399 e. The number of benzene rings is 3. The van der Waals surface area contributed by atoms with Gasteiger partial charge in [-0.25, -0.2) is 8.42 Å². The van der Waals surface area contributed by atoms with Gasteiger partial charge in [0.2, 0.25) is 0 Å². The van der Waals surface area contributed by atoms with Crippen molar-refractivity contribution in [1.82, 2.24) is 0 Å². The van der Waals surface area contributed by atoms with Crippen molar-refractivity contribution in [3.8, 4) is 0 Å². The third kappa shape index (κ3) is 3.83. The first-order valence-electron chi connectivity index (χ1n) is 8.21. The van der Waals surface area contributed by atoms with E-state index in [0.717, 1.165) is 0 Å². The number of hydrogen-bond donors (Lipinski definition) is 1. The van der Waals surface area contributed by atoms with Crippen molar-refractivity contribution in [2.45, 2.75) is 16.6 Å². The van der Waals surface area contributed by atoms with Gasteiger partial charge in [-0.3, -0.25) is 4.79 Å². The minimum atomic E-state index is -3.75. The van der Waals surface area contributed by atoms with E-state index in [1.165, 1.54) is 12.1 Å². The molecule has 1 unspecified atom stereocenters. The Hall–Kier alpha value is -2.92. The Bertz CT molecular complexity index is 982. The summed E-state index contributed by atoms with van der Waals surface area (Å²) in [6.45, 7) is 0. The lowest BCUT2D eigenvalue weighted by Gasteiger charge is -2.18. The molecule has 0 amide bonds. The van der Waals surface area contributed by atoms with E-state index in [2.05, 4.69) is 0 Å². The molecule has 0 saturated heterocycles. The summed E-state index contributed by atoms with van der Waals surface area (Å²) in [5.74, 6) is -0.210. The van der Waals surface area contributed by atoms with Crippen molar-refractivity contribution in [3.05, 3.63) is 96.1 Å². The third-order valence-electron chi connectivity index (χ3n) is 4.22. The van der Waals surface area contributed by atoms with Crippen LogP contribution >= 0.6 is 0 Å². The molecule has 2 N–H and O–H groups in total. The lowest BCUT2D eigenvalue weighted by molar-refractivity contribution is 0.0980. The predicted molar refractivity (Wildman–Crippen MR) is 103 cm³/mol. The van der Waals surface area contributed by atoms with Crippen LogP contribution in [0.4, 0.5) is 5.69 Å². The molecule has 26 heavy (non-hydrogen) atoms. The van der Waals surface area contributed by atoms with Crippen LogP contribution in [0.5, 0.6) is 0 Å². The molecule has 0 aliphatic rings. The molecule has 0 saturated carbocycles. The second-order valence-electron chi connectivity index (χ2n) is 6.01. The Labute approximate surface area is 153 Å². The molecular formula is C21H19NO3S. The second kappa shape index (κ2) is 7.54. The first kappa shape index (κ1) is 17.9. The molecule has 3 aromatic carbocycles. The van der Waals surface area contributed by atoms with Gasteiger partial charge in [-0.1, -0.05) is 60.7 Å². The highest BCUT2D eigenvalue weighted by Gasteiger charge is 2.31. The summed E-state index contributed by atoms with van der Waals surface area (Å²) in [6, 6.07) is 23.6. The van der Waals surface area contributed by atoms with E-state index in [4.69, 9.17) is 5.73 Å². The maximum Gasteiger partial charge on any atom is 0.185 e. The topological polar surface area (TPSA) is 77.2 Å². The van der Waals surface area contributed by atoms with E-state index in [-0.39, 0.29) is 17.1 Å². The molecule has 0 aliphatic carbocycles. The van der Waals surface area contributed by atoms with E-state index in [9.17, 15) is 13.2 Å². The SMILES string of the molecule is Nc1ccc(S(=O)(=O)C(CC(=O)c2ccccc2)c2ccccc2)cc1. The fraction of sp³-hybridized carbons (Fsp3) is 0.0952. The average molecular weight is 365 g/mol. The van der Waals surface area contributed by atoms with Gasteiger partial charge in [0.15, 0.2) is 15.6 Å². The summed E-state index contributed by atoms with van der Waals surface area (Å²) in [6.07, 6.45) is -0.124. The zero-order valence-corrected chi connectivity index (χ0v) is 14.9. The van der Waals surface area contributed by atoms with Crippen molar-refractivity contribution >= 4 is 21.3 Å². The van der Waals surface area contributed by atoms with E-state index < -0.39 is 15.1 Å². The van der Waals surface area contributed by atoms with Crippen LogP contribution in [0.3, 0.4) is 0 Å². The van der Waals surface area contributed by atoms with Crippen LogP contribution in [0, 0.1) is 0 Å². The molecule has 0 aromatic heterocycles. The smallest absolute Gasteiger partial charge is 0.185 e. The van der Waals surface area contributed by atoms with Crippen molar-refractivity contribution < 1.29 is 13.2 Å². The largest absolute Gasteiger partial charge is 0.399 e.